The summed E-state index contributed by atoms with van der Waals surface area (Å²) in [6, 6.07) is 5.20. The molecule has 3 nitrogen and oxygen atoms in total. The molecule has 0 saturated heterocycles. The van der Waals surface area contributed by atoms with Crippen LogP contribution < -0.4 is 5.32 Å². The SMILES string of the molecule is CNC1c2cc(Br)ccc2S(=O)(=O)C1C. The molecule has 15 heavy (non-hydrogen) atoms. The molecule has 1 aliphatic rings. The Morgan fingerprint density at radius 2 is 2.07 bits per heavy atom. The van der Waals surface area contributed by atoms with Crippen LogP contribution in [0.25, 0.3) is 0 Å². The number of nitrogens with one attached hydrogen (secondary N) is 1. The van der Waals surface area contributed by atoms with Crippen LogP contribution in [0, 0.1) is 0 Å². The van der Waals surface area contributed by atoms with Gasteiger partial charge < -0.3 is 5.32 Å². The quantitative estimate of drug-likeness (QED) is 0.859. The molecule has 5 heteroatoms. The van der Waals surface area contributed by atoms with Crippen LogP contribution in [0.4, 0.5) is 0 Å². The number of hydrogen-bond donors (Lipinski definition) is 1. The van der Waals surface area contributed by atoms with Gasteiger partial charge in [0.2, 0.25) is 0 Å². The van der Waals surface area contributed by atoms with Crippen LogP contribution in [0.1, 0.15) is 18.5 Å². The summed E-state index contributed by atoms with van der Waals surface area (Å²) in [5.74, 6) is 0. The Morgan fingerprint density at radius 3 is 2.67 bits per heavy atom. The lowest BCUT2D eigenvalue weighted by atomic mass is 10.1. The molecule has 0 bridgehead atoms. The van der Waals surface area contributed by atoms with E-state index in [1.54, 1.807) is 26.1 Å². The molecule has 0 aliphatic carbocycles. The molecule has 0 fully saturated rings. The molecule has 82 valence electrons. The van der Waals surface area contributed by atoms with E-state index >= 15 is 0 Å². The summed E-state index contributed by atoms with van der Waals surface area (Å²) in [7, 11) is -1.36. The first-order chi connectivity index (χ1) is 6.98. The van der Waals surface area contributed by atoms with Crippen LogP contribution in [0.15, 0.2) is 27.6 Å². The molecule has 1 aromatic rings. The first-order valence-electron chi connectivity index (χ1n) is 4.69. The lowest BCUT2D eigenvalue weighted by Gasteiger charge is -2.13. The Balaban J connectivity index is 2.70. The van der Waals surface area contributed by atoms with Crippen LogP contribution in [-0.2, 0) is 9.84 Å². The largest absolute Gasteiger partial charge is 0.312 e. The molecule has 1 N–H and O–H groups in total. The number of hydrogen-bond acceptors (Lipinski definition) is 3. The van der Waals surface area contributed by atoms with Gasteiger partial charge in [-0.15, -0.1) is 0 Å². The van der Waals surface area contributed by atoms with Gasteiger partial charge in [-0.25, -0.2) is 8.42 Å². The fourth-order valence-corrected chi connectivity index (χ4v) is 4.24. The third-order valence-electron chi connectivity index (χ3n) is 2.88. The standard InChI is InChI=1S/C10H12BrNO2S/c1-6-10(12-2)8-5-7(11)3-4-9(8)15(6,13)14/h3-6,10,12H,1-2H3. The minimum absolute atomic E-state index is 0.109. The normalized spacial score (nSPS) is 27.7. The van der Waals surface area contributed by atoms with Crippen molar-refractivity contribution < 1.29 is 8.42 Å². The zero-order valence-corrected chi connectivity index (χ0v) is 10.9. The molecule has 0 radical (unpaired) electrons. The number of rotatable bonds is 1. The van der Waals surface area contributed by atoms with E-state index in [-0.39, 0.29) is 6.04 Å². The van der Waals surface area contributed by atoms with Crippen molar-refractivity contribution in [2.24, 2.45) is 0 Å². The second kappa shape index (κ2) is 3.57. The summed E-state index contributed by atoms with van der Waals surface area (Å²) in [6.45, 7) is 1.74. The summed E-state index contributed by atoms with van der Waals surface area (Å²) < 4.78 is 24.9. The molecular weight excluding hydrogens is 278 g/mol. The molecule has 2 unspecified atom stereocenters. The van der Waals surface area contributed by atoms with Crippen LogP contribution in [0.5, 0.6) is 0 Å². The van der Waals surface area contributed by atoms with Gasteiger partial charge in [-0.2, -0.15) is 0 Å². The van der Waals surface area contributed by atoms with Crippen molar-refractivity contribution in [1.29, 1.82) is 0 Å². The molecule has 1 aliphatic heterocycles. The third-order valence-corrected chi connectivity index (χ3v) is 5.61. The topological polar surface area (TPSA) is 46.2 Å². The smallest absolute Gasteiger partial charge is 0.183 e. The highest BCUT2D eigenvalue weighted by Gasteiger charge is 2.41. The molecule has 0 aromatic heterocycles. The monoisotopic (exact) mass is 289 g/mol. The molecule has 0 spiro atoms. The van der Waals surface area contributed by atoms with Crippen LogP contribution in [0.3, 0.4) is 0 Å². The highest BCUT2D eigenvalue weighted by Crippen LogP contribution is 2.39. The molecule has 2 atom stereocenters. The Bertz CT molecular complexity index is 498. The van der Waals surface area contributed by atoms with Crippen molar-refractivity contribution in [2.45, 2.75) is 23.1 Å². The molecule has 0 amide bonds. The molecule has 1 aromatic carbocycles. The minimum Gasteiger partial charge on any atom is -0.312 e. The van der Waals surface area contributed by atoms with Gasteiger partial charge in [-0.05, 0) is 37.7 Å². The van der Waals surface area contributed by atoms with Gasteiger partial charge in [0.25, 0.3) is 0 Å². The predicted molar refractivity (Wildman–Crippen MR) is 62.6 cm³/mol. The molecule has 0 saturated carbocycles. The van der Waals surface area contributed by atoms with Crippen LogP contribution in [0.2, 0.25) is 0 Å². The summed E-state index contributed by atoms with van der Waals surface area (Å²) in [6.07, 6.45) is 0. The Labute approximate surface area is 97.9 Å². The van der Waals surface area contributed by atoms with Crippen LogP contribution >= 0.6 is 15.9 Å². The second-order valence-corrected chi connectivity index (χ2v) is 6.89. The number of fused-ring (bicyclic) bond motifs is 1. The Kier molecular flexibility index (Phi) is 2.65. The van der Waals surface area contributed by atoms with Gasteiger partial charge >= 0.3 is 0 Å². The molecule has 2 rings (SSSR count). The highest BCUT2D eigenvalue weighted by molar-refractivity contribution is 9.10. The number of halogens is 1. The summed E-state index contributed by atoms with van der Waals surface area (Å²) >= 11 is 3.36. The number of benzene rings is 1. The third kappa shape index (κ3) is 1.53. The van der Waals surface area contributed by atoms with E-state index < -0.39 is 15.1 Å². The van der Waals surface area contributed by atoms with Crippen molar-refractivity contribution in [3.63, 3.8) is 0 Å². The fourth-order valence-electron chi connectivity index (χ4n) is 2.04. The van der Waals surface area contributed by atoms with E-state index in [0.717, 1.165) is 10.0 Å². The highest BCUT2D eigenvalue weighted by atomic mass is 79.9. The van der Waals surface area contributed by atoms with Gasteiger partial charge in [0.05, 0.1) is 16.2 Å². The second-order valence-electron chi connectivity index (χ2n) is 3.70. The summed E-state index contributed by atoms with van der Waals surface area (Å²) in [5, 5.41) is 2.66. The fraction of sp³-hybridized carbons (Fsp3) is 0.400. The van der Waals surface area contributed by atoms with Crippen LogP contribution in [-0.4, -0.2) is 20.7 Å². The average molecular weight is 290 g/mol. The maximum Gasteiger partial charge on any atom is 0.183 e. The van der Waals surface area contributed by atoms with E-state index in [1.807, 2.05) is 6.07 Å². The zero-order chi connectivity index (χ0) is 11.2. The van der Waals surface area contributed by atoms with E-state index in [9.17, 15) is 8.42 Å². The lowest BCUT2D eigenvalue weighted by molar-refractivity contribution is 0.553. The van der Waals surface area contributed by atoms with E-state index in [1.165, 1.54) is 0 Å². The van der Waals surface area contributed by atoms with Crippen molar-refractivity contribution in [3.8, 4) is 0 Å². The van der Waals surface area contributed by atoms with Crippen molar-refractivity contribution in [2.75, 3.05) is 7.05 Å². The predicted octanol–water partition coefficient (Wildman–Crippen LogP) is 1.89. The summed E-state index contributed by atoms with van der Waals surface area (Å²) in [4.78, 5) is 0.456. The van der Waals surface area contributed by atoms with Gasteiger partial charge in [-0.1, -0.05) is 15.9 Å². The first-order valence-corrected chi connectivity index (χ1v) is 7.03. The van der Waals surface area contributed by atoms with E-state index in [2.05, 4.69) is 21.2 Å². The van der Waals surface area contributed by atoms with Gasteiger partial charge in [0, 0.05) is 4.47 Å². The summed E-state index contributed by atoms with van der Waals surface area (Å²) in [5.41, 5.74) is 0.861. The van der Waals surface area contributed by atoms with Gasteiger partial charge in [0.15, 0.2) is 9.84 Å². The first kappa shape index (κ1) is 11.1. The Morgan fingerprint density at radius 1 is 1.40 bits per heavy atom. The lowest BCUT2D eigenvalue weighted by Crippen LogP contribution is -2.26. The van der Waals surface area contributed by atoms with Crippen molar-refractivity contribution in [1.82, 2.24) is 5.32 Å². The zero-order valence-electron chi connectivity index (χ0n) is 8.49. The van der Waals surface area contributed by atoms with Gasteiger partial charge in [0.1, 0.15) is 0 Å². The maximum atomic E-state index is 12.0. The van der Waals surface area contributed by atoms with Crippen molar-refractivity contribution in [3.05, 3.63) is 28.2 Å². The Hall–Kier alpha value is -0.390. The average Bonchev–Trinajstić information content (AvgIpc) is 2.35. The maximum absolute atomic E-state index is 12.0. The number of sulfone groups is 1. The molecular formula is C10H12BrNO2S. The molecule has 1 heterocycles. The van der Waals surface area contributed by atoms with E-state index in [0.29, 0.717) is 4.90 Å². The van der Waals surface area contributed by atoms with Crippen molar-refractivity contribution >= 4 is 25.8 Å². The van der Waals surface area contributed by atoms with Gasteiger partial charge in [-0.3, -0.25) is 0 Å². The van der Waals surface area contributed by atoms with E-state index in [4.69, 9.17) is 0 Å². The minimum atomic E-state index is -3.15.